The van der Waals surface area contributed by atoms with Crippen molar-refractivity contribution in [1.82, 2.24) is 19.8 Å². The van der Waals surface area contributed by atoms with E-state index in [0.717, 1.165) is 25.5 Å². The fourth-order valence-corrected chi connectivity index (χ4v) is 2.26. The first kappa shape index (κ1) is 15.9. The maximum Gasteiger partial charge on any atom is 0.225 e. The summed E-state index contributed by atoms with van der Waals surface area (Å²) in [5.41, 5.74) is 0. The van der Waals surface area contributed by atoms with Gasteiger partial charge < -0.3 is 19.5 Å². The first-order valence-electron chi connectivity index (χ1n) is 6.20. The Kier molecular flexibility index (Phi) is 6.27. The highest BCUT2D eigenvalue weighted by Gasteiger charge is 2.29. The van der Waals surface area contributed by atoms with Gasteiger partial charge in [0.05, 0.1) is 13.0 Å². The summed E-state index contributed by atoms with van der Waals surface area (Å²) in [4.78, 5) is 18.4. The summed E-state index contributed by atoms with van der Waals surface area (Å²) in [5, 5.41) is 3.31. The van der Waals surface area contributed by atoms with Crippen LogP contribution in [0.1, 0.15) is 18.3 Å². The lowest BCUT2D eigenvalue weighted by atomic mass is 10.1. The molecule has 1 aliphatic rings. The highest BCUT2D eigenvalue weighted by atomic mass is 35.5. The predicted octanol–water partition coefficient (Wildman–Crippen LogP) is 0.351. The molecule has 1 fully saturated rings. The largest absolute Gasteiger partial charge is 0.384 e. The Hall–Kier alpha value is -1.11. The standard InChI is InChI=1S/C12H20N4O2.ClH/c1-15-6-5-14-12(15)10-9-13-4-7-16(10)11(17)3-8-18-2;/h5-6,10,13H,3-4,7-9H2,1-2H3;1H. The number of halogens is 1. The Morgan fingerprint density at radius 1 is 1.63 bits per heavy atom. The van der Waals surface area contributed by atoms with E-state index in [-0.39, 0.29) is 24.4 Å². The third-order valence-electron chi connectivity index (χ3n) is 3.24. The van der Waals surface area contributed by atoms with Gasteiger partial charge >= 0.3 is 0 Å². The van der Waals surface area contributed by atoms with Crippen molar-refractivity contribution < 1.29 is 9.53 Å². The van der Waals surface area contributed by atoms with E-state index in [1.54, 1.807) is 13.3 Å². The molecule has 1 aromatic heterocycles. The Morgan fingerprint density at radius 2 is 2.42 bits per heavy atom. The van der Waals surface area contributed by atoms with Crippen LogP contribution in [-0.4, -0.2) is 53.7 Å². The Balaban J connectivity index is 0.00000180. The second kappa shape index (κ2) is 7.47. The molecular formula is C12H21ClN4O2. The lowest BCUT2D eigenvalue weighted by Crippen LogP contribution is -2.49. The third-order valence-corrected chi connectivity index (χ3v) is 3.24. The number of aromatic nitrogens is 2. The van der Waals surface area contributed by atoms with Gasteiger partial charge in [-0.1, -0.05) is 0 Å². The zero-order valence-electron chi connectivity index (χ0n) is 11.3. The molecule has 0 aromatic carbocycles. The molecule has 2 heterocycles. The van der Waals surface area contributed by atoms with Gasteiger partial charge in [-0.05, 0) is 0 Å². The zero-order valence-corrected chi connectivity index (χ0v) is 12.2. The fourth-order valence-electron chi connectivity index (χ4n) is 2.26. The predicted molar refractivity (Wildman–Crippen MR) is 74.3 cm³/mol. The van der Waals surface area contributed by atoms with Crippen molar-refractivity contribution in [1.29, 1.82) is 0 Å². The van der Waals surface area contributed by atoms with E-state index < -0.39 is 0 Å². The molecule has 0 saturated carbocycles. The van der Waals surface area contributed by atoms with Crippen molar-refractivity contribution in [2.24, 2.45) is 7.05 Å². The molecule has 108 valence electrons. The zero-order chi connectivity index (χ0) is 13.0. The fraction of sp³-hybridized carbons (Fsp3) is 0.667. The highest BCUT2D eigenvalue weighted by Crippen LogP contribution is 2.21. The maximum atomic E-state index is 12.2. The second-order valence-electron chi connectivity index (χ2n) is 4.45. The Bertz CT molecular complexity index is 410. The number of rotatable bonds is 4. The Morgan fingerprint density at radius 3 is 3.05 bits per heavy atom. The molecule has 19 heavy (non-hydrogen) atoms. The number of nitrogens with zero attached hydrogens (tertiary/aromatic N) is 3. The van der Waals surface area contributed by atoms with Gasteiger partial charge in [0.25, 0.3) is 0 Å². The molecule has 0 spiro atoms. The molecule has 1 amide bonds. The molecule has 0 radical (unpaired) electrons. The summed E-state index contributed by atoms with van der Waals surface area (Å²) in [6.45, 7) is 2.78. The number of imidazole rings is 1. The van der Waals surface area contributed by atoms with E-state index in [1.807, 2.05) is 22.7 Å². The molecule has 1 N–H and O–H groups in total. The van der Waals surface area contributed by atoms with E-state index in [1.165, 1.54) is 0 Å². The summed E-state index contributed by atoms with van der Waals surface area (Å²) >= 11 is 0. The van der Waals surface area contributed by atoms with Gasteiger partial charge in [-0.15, -0.1) is 12.4 Å². The first-order valence-corrected chi connectivity index (χ1v) is 6.20. The normalized spacial score (nSPS) is 19.1. The minimum Gasteiger partial charge on any atom is -0.384 e. The SMILES string of the molecule is COCCC(=O)N1CCNCC1c1nccn1C.Cl. The van der Waals surface area contributed by atoms with E-state index >= 15 is 0 Å². The number of piperazine rings is 1. The highest BCUT2D eigenvalue weighted by molar-refractivity contribution is 5.85. The van der Waals surface area contributed by atoms with Crippen LogP contribution in [-0.2, 0) is 16.6 Å². The van der Waals surface area contributed by atoms with Gasteiger partial charge in [-0.3, -0.25) is 4.79 Å². The minimum absolute atomic E-state index is 0. The van der Waals surface area contributed by atoms with Gasteiger partial charge in [0, 0.05) is 46.2 Å². The number of hydrogen-bond acceptors (Lipinski definition) is 4. The van der Waals surface area contributed by atoms with Crippen LogP contribution in [0.15, 0.2) is 12.4 Å². The number of ether oxygens (including phenoxy) is 1. The number of carbonyl (C=O) groups is 1. The average Bonchev–Trinajstić information content (AvgIpc) is 2.82. The van der Waals surface area contributed by atoms with Crippen molar-refractivity contribution in [3.8, 4) is 0 Å². The van der Waals surface area contributed by atoms with Crippen LogP contribution in [0.3, 0.4) is 0 Å². The smallest absolute Gasteiger partial charge is 0.225 e. The van der Waals surface area contributed by atoms with E-state index in [0.29, 0.717) is 13.0 Å². The van der Waals surface area contributed by atoms with E-state index in [2.05, 4.69) is 10.3 Å². The third kappa shape index (κ3) is 3.68. The number of methoxy groups -OCH3 is 1. The molecule has 1 aromatic rings. The van der Waals surface area contributed by atoms with Gasteiger partial charge in [0.2, 0.25) is 5.91 Å². The second-order valence-corrected chi connectivity index (χ2v) is 4.45. The number of nitrogens with one attached hydrogen (secondary N) is 1. The number of carbonyl (C=O) groups excluding carboxylic acids is 1. The van der Waals surface area contributed by atoms with Crippen LogP contribution in [0.4, 0.5) is 0 Å². The first-order chi connectivity index (χ1) is 8.74. The van der Waals surface area contributed by atoms with Crippen molar-refractivity contribution in [3.63, 3.8) is 0 Å². The quantitative estimate of drug-likeness (QED) is 0.869. The molecule has 1 atom stereocenters. The van der Waals surface area contributed by atoms with E-state index in [9.17, 15) is 4.79 Å². The number of amides is 1. The van der Waals surface area contributed by atoms with Crippen LogP contribution >= 0.6 is 12.4 Å². The molecular weight excluding hydrogens is 268 g/mol. The van der Waals surface area contributed by atoms with Crippen LogP contribution in [0.2, 0.25) is 0 Å². The molecule has 1 unspecified atom stereocenters. The van der Waals surface area contributed by atoms with Gasteiger partial charge in [-0.2, -0.15) is 0 Å². The molecule has 7 heteroatoms. The topological polar surface area (TPSA) is 59.4 Å². The average molecular weight is 289 g/mol. The summed E-state index contributed by atoms with van der Waals surface area (Å²) in [6, 6.07) is 0.0168. The van der Waals surface area contributed by atoms with Gasteiger partial charge in [-0.25, -0.2) is 4.98 Å². The molecule has 2 rings (SSSR count). The summed E-state index contributed by atoms with van der Waals surface area (Å²) in [7, 11) is 3.57. The lowest BCUT2D eigenvalue weighted by Gasteiger charge is -2.35. The van der Waals surface area contributed by atoms with Gasteiger partial charge in [0.1, 0.15) is 11.9 Å². The molecule has 1 saturated heterocycles. The lowest BCUT2D eigenvalue weighted by molar-refractivity contribution is -0.135. The molecule has 6 nitrogen and oxygen atoms in total. The Labute approximate surface area is 119 Å². The monoisotopic (exact) mass is 288 g/mol. The maximum absolute atomic E-state index is 12.2. The summed E-state index contributed by atoms with van der Waals surface area (Å²) in [6.07, 6.45) is 4.10. The molecule has 0 aliphatic carbocycles. The summed E-state index contributed by atoms with van der Waals surface area (Å²) < 4.78 is 6.94. The van der Waals surface area contributed by atoms with Crippen LogP contribution in [0.25, 0.3) is 0 Å². The number of aryl methyl sites for hydroxylation is 1. The van der Waals surface area contributed by atoms with Crippen molar-refractivity contribution in [2.75, 3.05) is 33.4 Å². The van der Waals surface area contributed by atoms with Crippen molar-refractivity contribution in [3.05, 3.63) is 18.2 Å². The number of hydrogen-bond donors (Lipinski definition) is 1. The molecule has 0 bridgehead atoms. The minimum atomic E-state index is 0. The summed E-state index contributed by atoms with van der Waals surface area (Å²) in [5.74, 6) is 1.05. The molecule has 1 aliphatic heterocycles. The van der Waals surface area contributed by atoms with Crippen LogP contribution in [0.5, 0.6) is 0 Å². The van der Waals surface area contributed by atoms with Crippen LogP contribution < -0.4 is 5.32 Å². The van der Waals surface area contributed by atoms with Gasteiger partial charge in [0.15, 0.2) is 0 Å². The van der Waals surface area contributed by atoms with Crippen LogP contribution in [0, 0.1) is 0 Å². The van der Waals surface area contributed by atoms with E-state index in [4.69, 9.17) is 4.74 Å². The van der Waals surface area contributed by atoms with Crippen molar-refractivity contribution >= 4 is 18.3 Å². The van der Waals surface area contributed by atoms with Crippen molar-refractivity contribution in [2.45, 2.75) is 12.5 Å².